The van der Waals surface area contributed by atoms with Crippen LogP contribution in [0.1, 0.15) is 48.6 Å². The summed E-state index contributed by atoms with van der Waals surface area (Å²) in [6.07, 6.45) is 10.5. The smallest absolute Gasteiger partial charge is 0.152 e. The van der Waals surface area contributed by atoms with Gasteiger partial charge in [-0.25, -0.2) is 4.39 Å². The number of piperidine rings is 1. The number of aromatic nitrogens is 2. The summed E-state index contributed by atoms with van der Waals surface area (Å²) in [6, 6.07) is -0.000839. The van der Waals surface area contributed by atoms with E-state index in [9.17, 15) is 9.50 Å². The topological polar surface area (TPSA) is 70.5 Å². The fraction of sp³-hybridized carbons (Fsp3) is 0.619. The van der Waals surface area contributed by atoms with Gasteiger partial charge in [-0.1, -0.05) is 18.2 Å². The predicted octanol–water partition coefficient (Wildman–Crippen LogP) is 2.41. The van der Waals surface area contributed by atoms with E-state index in [0.717, 1.165) is 42.8 Å². The van der Waals surface area contributed by atoms with Crippen molar-refractivity contribution in [3.63, 3.8) is 0 Å². The van der Waals surface area contributed by atoms with Crippen LogP contribution in [0.3, 0.4) is 0 Å². The van der Waals surface area contributed by atoms with Crippen LogP contribution in [0.2, 0.25) is 0 Å². The van der Waals surface area contributed by atoms with Crippen molar-refractivity contribution in [2.24, 2.45) is 0 Å². The SMILES string of the molecule is CN1C[C@H](F)C[C@@H](Nc2nnc(C3(O)C=CC=CC3)c3c2C[C@@H]2CC[C@H]3O2)C1. The number of alkyl halides is 1. The maximum Gasteiger partial charge on any atom is 0.152 e. The van der Waals surface area contributed by atoms with Crippen LogP contribution in [-0.4, -0.2) is 58.7 Å². The lowest BCUT2D eigenvalue weighted by atomic mass is 9.84. The Hall–Kier alpha value is -1.83. The van der Waals surface area contributed by atoms with Crippen LogP contribution in [0.4, 0.5) is 10.2 Å². The molecule has 0 amide bonds. The summed E-state index contributed by atoms with van der Waals surface area (Å²) < 4.78 is 20.2. The Bertz CT molecular complexity index is 819. The number of likely N-dealkylation sites (tertiary alicyclic amines) is 1. The highest BCUT2D eigenvalue weighted by Crippen LogP contribution is 2.47. The van der Waals surface area contributed by atoms with Crippen LogP contribution in [0.5, 0.6) is 0 Å². The molecular formula is C21H27FN4O2. The van der Waals surface area contributed by atoms with E-state index in [1.165, 1.54) is 0 Å². The number of likely N-dealkylation sites (N-methyl/N-ethyl adjacent to an activating group) is 1. The van der Waals surface area contributed by atoms with Gasteiger partial charge in [0.15, 0.2) is 5.82 Å². The van der Waals surface area contributed by atoms with E-state index in [4.69, 9.17) is 4.74 Å². The van der Waals surface area contributed by atoms with Gasteiger partial charge >= 0.3 is 0 Å². The molecule has 1 aromatic rings. The third-order valence-electron chi connectivity index (χ3n) is 6.36. The monoisotopic (exact) mass is 386 g/mol. The minimum atomic E-state index is -1.15. The van der Waals surface area contributed by atoms with E-state index >= 15 is 0 Å². The Labute approximate surface area is 164 Å². The molecule has 4 heterocycles. The molecule has 2 saturated heterocycles. The number of hydrogen-bond acceptors (Lipinski definition) is 6. The molecule has 0 saturated carbocycles. The zero-order chi connectivity index (χ0) is 19.3. The maximum atomic E-state index is 14.0. The normalized spacial score (nSPS) is 37.1. The predicted molar refractivity (Wildman–Crippen MR) is 104 cm³/mol. The van der Waals surface area contributed by atoms with Crippen molar-refractivity contribution in [1.82, 2.24) is 15.1 Å². The molecule has 28 heavy (non-hydrogen) atoms. The molecule has 6 nitrogen and oxygen atoms in total. The minimum absolute atomic E-state index is 0.000839. The van der Waals surface area contributed by atoms with E-state index in [2.05, 4.69) is 15.5 Å². The van der Waals surface area contributed by atoms with Crippen molar-refractivity contribution in [2.75, 3.05) is 25.5 Å². The summed E-state index contributed by atoms with van der Waals surface area (Å²) in [5.74, 6) is 0.727. The number of halogens is 1. The van der Waals surface area contributed by atoms with Gasteiger partial charge in [0.2, 0.25) is 0 Å². The van der Waals surface area contributed by atoms with Gasteiger partial charge in [0.05, 0.1) is 12.2 Å². The summed E-state index contributed by atoms with van der Waals surface area (Å²) in [5, 5.41) is 23.6. The molecule has 5 rings (SSSR count). The summed E-state index contributed by atoms with van der Waals surface area (Å²) in [7, 11) is 1.94. The largest absolute Gasteiger partial charge is 0.379 e. The average molecular weight is 386 g/mol. The standard InChI is InChI=1S/C21H27FN4O2/c1-26-11-13(22)9-14(12-26)23-20-16-10-15-5-6-17(28-15)18(16)19(24-25-20)21(27)7-3-2-4-8-21/h2-4,7,13-15,17,27H,5-6,8-12H2,1H3,(H,23,25)/t13-,14-,15+,17-,21?/m1/s1. The second-order valence-corrected chi connectivity index (χ2v) is 8.63. The summed E-state index contributed by atoms with van der Waals surface area (Å²) in [5.41, 5.74) is 1.51. The summed E-state index contributed by atoms with van der Waals surface area (Å²) in [4.78, 5) is 2.01. The average Bonchev–Trinajstić information content (AvgIpc) is 3.03. The first kappa shape index (κ1) is 18.2. The summed E-state index contributed by atoms with van der Waals surface area (Å²) in [6.45, 7) is 1.26. The van der Waals surface area contributed by atoms with E-state index in [1.807, 2.05) is 30.2 Å². The molecule has 0 radical (unpaired) electrons. The second-order valence-electron chi connectivity index (χ2n) is 8.63. The molecule has 7 heteroatoms. The van der Waals surface area contributed by atoms with Crippen LogP contribution >= 0.6 is 0 Å². The lowest BCUT2D eigenvalue weighted by molar-refractivity contribution is 0.0242. The van der Waals surface area contributed by atoms with Gasteiger partial charge in [-0.2, -0.15) is 0 Å². The van der Waals surface area contributed by atoms with Crippen molar-refractivity contribution in [3.8, 4) is 0 Å². The van der Waals surface area contributed by atoms with Gasteiger partial charge < -0.3 is 20.1 Å². The highest BCUT2D eigenvalue weighted by atomic mass is 19.1. The van der Waals surface area contributed by atoms with Crippen LogP contribution in [0.25, 0.3) is 0 Å². The molecular weight excluding hydrogens is 359 g/mol. The number of aliphatic hydroxyl groups is 1. The second kappa shape index (κ2) is 6.90. The number of fused-ring (bicyclic) bond motifs is 4. The fourth-order valence-corrected chi connectivity index (χ4v) is 5.10. The molecule has 0 aromatic carbocycles. The van der Waals surface area contributed by atoms with Crippen LogP contribution in [0.15, 0.2) is 24.3 Å². The van der Waals surface area contributed by atoms with E-state index < -0.39 is 11.8 Å². The van der Waals surface area contributed by atoms with Crippen LogP contribution < -0.4 is 5.32 Å². The van der Waals surface area contributed by atoms with Gasteiger partial charge in [0.1, 0.15) is 17.5 Å². The molecule has 3 aliphatic heterocycles. The Morgan fingerprint density at radius 2 is 2.18 bits per heavy atom. The Balaban J connectivity index is 1.53. The fourth-order valence-electron chi connectivity index (χ4n) is 5.10. The Kier molecular flexibility index (Phi) is 4.49. The van der Waals surface area contributed by atoms with Crippen molar-refractivity contribution in [2.45, 2.75) is 62.1 Å². The highest BCUT2D eigenvalue weighted by Gasteiger charge is 2.43. The van der Waals surface area contributed by atoms with Gasteiger partial charge in [-0.05, 0) is 26.0 Å². The molecule has 5 atom stereocenters. The van der Waals surface area contributed by atoms with Crippen LogP contribution in [0, 0.1) is 0 Å². The number of nitrogens with one attached hydrogen (secondary N) is 1. The third kappa shape index (κ3) is 3.15. The zero-order valence-corrected chi connectivity index (χ0v) is 16.1. The summed E-state index contributed by atoms with van der Waals surface area (Å²) >= 11 is 0. The van der Waals surface area contributed by atoms with E-state index in [-0.39, 0.29) is 18.2 Å². The van der Waals surface area contributed by atoms with Gasteiger partial charge in [0, 0.05) is 49.5 Å². The molecule has 0 spiro atoms. The van der Waals surface area contributed by atoms with Crippen molar-refractivity contribution < 1.29 is 14.2 Å². The van der Waals surface area contributed by atoms with E-state index in [0.29, 0.717) is 25.1 Å². The number of ether oxygens (including phenoxy) is 1. The maximum absolute atomic E-state index is 14.0. The molecule has 1 aliphatic carbocycles. The molecule has 2 bridgehead atoms. The highest BCUT2D eigenvalue weighted by molar-refractivity contribution is 5.54. The van der Waals surface area contributed by atoms with Crippen molar-refractivity contribution in [3.05, 3.63) is 41.1 Å². The number of allylic oxidation sites excluding steroid dienone is 2. The molecule has 4 aliphatic rings. The quantitative estimate of drug-likeness (QED) is 0.831. The number of hydrogen-bond donors (Lipinski definition) is 2. The first-order valence-corrected chi connectivity index (χ1v) is 10.2. The molecule has 1 aromatic heterocycles. The molecule has 150 valence electrons. The zero-order valence-electron chi connectivity index (χ0n) is 16.1. The lowest BCUT2D eigenvalue weighted by Gasteiger charge is -2.35. The van der Waals surface area contributed by atoms with Gasteiger partial charge in [-0.15, -0.1) is 10.2 Å². The van der Waals surface area contributed by atoms with Crippen LogP contribution in [-0.2, 0) is 16.8 Å². The van der Waals surface area contributed by atoms with E-state index in [1.54, 1.807) is 6.08 Å². The third-order valence-corrected chi connectivity index (χ3v) is 6.36. The van der Waals surface area contributed by atoms with Crippen molar-refractivity contribution in [1.29, 1.82) is 0 Å². The number of rotatable bonds is 3. The van der Waals surface area contributed by atoms with Gasteiger partial charge in [-0.3, -0.25) is 0 Å². The number of nitrogens with zero attached hydrogens (tertiary/aromatic N) is 3. The Morgan fingerprint density at radius 3 is 2.96 bits per heavy atom. The minimum Gasteiger partial charge on any atom is -0.379 e. The van der Waals surface area contributed by atoms with Crippen molar-refractivity contribution >= 4 is 5.82 Å². The lowest BCUT2D eigenvalue weighted by Crippen LogP contribution is -2.45. The molecule has 2 fully saturated rings. The number of anilines is 1. The first-order chi connectivity index (χ1) is 13.5. The molecule has 2 N–H and O–H groups in total. The molecule has 1 unspecified atom stereocenters. The Morgan fingerprint density at radius 1 is 1.29 bits per heavy atom. The van der Waals surface area contributed by atoms with Gasteiger partial charge in [0.25, 0.3) is 0 Å². The first-order valence-electron chi connectivity index (χ1n) is 10.2.